The number of cyclic esters (lactones) is 1. The first-order valence-corrected chi connectivity index (χ1v) is 6.67. The summed E-state index contributed by atoms with van der Waals surface area (Å²) >= 11 is 6.77. The van der Waals surface area contributed by atoms with Crippen molar-refractivity contribution in [3.05, 3.63) is 35.9 Å². The van der Waals surface area contributed by atoms with Crippen LogP contribution >= 0.6 is 24.0 Å². The van der Waals surface area contributed by atoms with Crippen LogP contribution in [0.2, 0.25) is 0 Å². The fraction of sp³-hybridized carbons (Fsp3) is 0.333. The highest BCUT2D eigenvalue weighted by Gasteiger charge is 2.27. The molecule has 0 N–H and O–H groups in total. The van der Waals surface area contributed by atoms with Gasteiger partial charge in [-0.2, -0.15) is 0 Å². The number of benzene rings is 1. The molecule has 3 nitrogen and oxygen atoms in total. The van der Waals surface area contributed by atoms with E-state index in [9.17, 15) is 4.79 Å². The fourth-order valence-electron chi connectivity index (χ4n) is 1.57. The van der Waals surface area contributed by atoms with Crippen molar-refractivity contribution >= 4 is 34.4 Å². The summed E-state index contributed by atoms with van der Waals surface area (Å²) in [5.74, 6) is 0. The van der Waals surface area contributed by atoms with E-state index >= 15 is 0 Å². The van der Waals surface area contributed by atoms with Gasteiger partial charge in [0.05, 0.1) is 6.54 Å². The molecule has 1 aliphatic rings. The van der Waals surface area contributed by atoms with Crippen molar-refractivity contribution in [2.45, 2.75) is 12.2 Å². The molecule has 90 valence electrons. The zero-order valence-electron chi connectivity index (χ0n) is 9.46. The number of ether oxygens (including phenoxy) is 1. The number of thiocarbonyl (C=S) groups is 1. The molecule has 1 saturated heterocycles. The van der Waals surface area contributed by atoms with E-state index in [2.05, 4.69) is 19.1 Å². The van der Waals surface area contributed by atoms with Crippen LogP contribution in [-0.2, 0) is 4.74 Å². The summed E-state index contributed by atoms with van der Waals surface area (Å²) < 4.78 is 5.45. The van der Waals surface area contributed by atoms with E-state index in [4.69, 9.17) is 17.0 Å². The maximum absolute atomic E-state index is 11.3. The van der Waals surface area contributed by atoms with Crippen LogP contribution in [0.4, 0.5) is 4.79 Å². The van der Waals surface area contributed by atoms with E-state index in [1.54, 1.807) is 0 Å². The predicted octanol–water partition coefficient (Wildman–Crippen LogP) is 3.22. The third kappa shape index (κ3) is 2.98. The number of carbonyl (C=O) groups excluding carboxylic acids is 1. The third-order valence-corrected chi connectivity index (χ3v) is 4.08. The Kier molecular flexibility index (Phi) is 4.02. The summed E-state index contributed by atoms with van der Waals surface area (Å²) in [7, 11) is 0. The molecular weight excluding hydrogens is 254 g/mol. The van der Waals surface area contributed by atoms with Crippen molar-refractivity contribution in [2.24, 2.45) is 0 Å². The molecule has 0 bridgehead atoms. The second-order valence-corrected chi connectivity index (χ2v) is 5.68. The summed E-state index contributed by atoms with van der Waals surface area (Å²) in [6.07, 6.45) is -0.331. The Bertz CT molecular complexity index is 422. The summed E-state index contributed by atoms with van der Waals surface area (Å²) in [6, 6.07) is 10.1. The SMILES string of the molecule is CC(SC(=S)N1CCOC1=O)c1ccccc1. The molecule has 2 rings (SSSR count). The molecule has 0 radical (unpaired) electrons. The Morgan fingerprint density at radius 3 is 2.76 bits per heavy atom. The number of thioether (sulfide) groups is 1. The number of nitrogens with zero attached hydrogens (tertiary/aromatic N) is 1. The molecule has 1 atom stereocenters. The lowest BCUT2D eigenvalue weighted by atomic mass is 10.2. The lowest BCUT2D eigenvalue weighted by Crippen LogP contribution is -2.28. The van der Waals surface area contributed by atoms with Gasteiger partial charge in [0, 0.05) is 5.25 Å². The third-order valence-electron chi connectivity index (χ3n) is 2.53. The molecule has 0 spiro atoms. The van der Waals surface area contributed by atoms with Crippen molar-refractivity contribution in [1.82, 2.24) is 4.90 Å². The molecule has 1 aromatic carbocycles. The van der Waals surface area contributed by atoms with Gasteiger partial charge in [-0.15, -0.1) is 0 Å². The minimum absolute atomic E-state index is 0.233. The van der Waals surface area contributed by atoms with Crippen LogP contribution in [0.3, 0.4) is 0 Å². The minimum Gasteiger partial charge on any atom is -0.447 e. The molecule has 0 aliphatic carbocycles. The molecular formula is C12H13NO2S2. The van der Waals surface area contributed by atoms with Crippen molar-refractivity contribution in [3.63, 3.8) is 0 Å². The van der Waals surface area contributed by atoms with Gasteiger partial charge in [0.15, 0.2) is 0 Å². The molecule has 5 heteroatoms. The van der Waals surface area contributed by atoms with Gasteiger partial charge in [0.25, 0.3) is 0 Å². The Morgan fingerprint density at radius 1 is 1.47 bits per heavy atom. The zero-order chi connectivity index (χ0) is 12.3. The lowest BCUT2D eigenvalue weighted by molar-refractivity contribution is 0.169. The first kappa shape index (κ1) is 12.4. The van der Waals surface area contributed by atoms with Crippen LogP contribution in [0.25, 0.3) is 0 Å². The van der Waals surface area contributed by atoms with Gasteiger partial charge >= 0.3 is 6.09 Å². The van der Waals surface area contributed by atoms with Crippen molar-refractivity contribution in [3.8, 4) is 0 Å². The van der Waals surface area contributed by atoms with Gasteiger partial charge in [-0.05, 0) is 12.5 Å². The maximum atomic E-state index is 11.3. The van der Waals surface area contributed by atoms with Crippen molar-refractivity contribution in [2.75, 3.05) is 13.2 Å². The van der Waals surface area contributed by atoms with Gasteiger partial charge in [-0.25, -0.2) is 4.79 Å². The molecule has 0 saturated carbocycles. The monoisotopic (exact) mass is 267 g/mol. The normalized spacial score (nSPS) is 16.8. The summed E-state index contributed by atoms with van der Waals surface area (Å²) in [6.45, 7) is 3.07. The second-order valence-electron chi connectivity index (χ2n) is 3.70. The Labute approximate surface area is 110 Å². The van der Waals surface area contributed by atoms with Crippen LogP contribution in [0.1, 0.15) is 17.7 Å². The minimum atomic E-state index is -0.331. The molecule has 1 unspecified atom stereocenters. The van der Waals surface area contributed by atoms with E-state index < -0.39 is 0 Å². The van der Waals surface area contributed by atoms with Gasteiger partial charge < -0.3 is 4.74 Å². The van der Waals surface area contributed by atoms with E-state index in [0.29, 0.717) is 17.5 Å². The molecule has 1 fully saturated rings. The maximum Gasteiger partial charge on any atom is 0.415 e. The number of hydrogen-bond donors (Lipinski definition) is 0. The quantitative estimate of drug-likeness (QED) is 0.770. The topological polar surface area (TPSA) is 29.5 Å². The molecule has 1 heterocycles. The first-order chi connectivity index (χ1) is 8.18. The van der Waals surface area contributed by atoms with E-state index in [-0.39, 0.29) is 11.3 Å². The van der Waals surface area contributed by atoms with E-state index in [0.717, 1.165) is 0 Å². The Balaban J connectivity index is 1.97. The highest BCUT2D eigenvalue weighted by atomic mass is 32.2. The lowest BCUT2D eigenvalue weighted by Gasteiger charge is -2.17. The second kappa shape index (κ2) is 5.51. The van der Waals surface area contributed by atoms with Crippen molar-refractivity contribution in [1.29, 1.82) is 0 Å². The molecule has 17 heavy (non-hydrogen) atoms. The van der Waals surface area contributed by atoms with E-state index in [1.807, 2.05) is 18.2 Å². The Morgan fingerprint density at radius 2 is 2.18 bits per heavy atom. The number of rotatable bonds is 2. The van der Waals surface area contributed by atoms with Gasteiger partial charge in [0.2, 0.25) is 0 Å². The van der Waals surface area contributed by atoms with Crippen molar-refractivity contribution < 1.29 is 9.53 Å². The van der Waals surface area contributed by atoms with Crippen LogP contribution in [-0.4, -0.2) is 28.5 Å². The van der Waals surface area contributed by atoms with Crippen LogP contribution in [0.5, 0.6) is 0 Å². The number of hydrogen-bond acceptors (Lipinski definition) is 4. The fourth-order valence-corrected chi connectivity index (χ4v) is 3.05. The highest BCUT2D eigenvalue weighted by Crippen LogP contribution is 2.31. The predicted molar refractivity (Wildman–Crippen MR) is 73.1 cm³/mol. The van der Waals surface area contributed by atoms with E-state index in [1.165, 1.54) is 22.2 Å². The number of carbonyl (C=O) groups is 1. The smallest absolute Gasteiger partial charge is 0.415 e. The average Bonchev–Trinajstić information content (AvgIpc) is 2.76. The Hall–Kier alpha value is -1.07. The van der Waals surface area contributed by atoms with Crippen LogP contribution in [0.15, 0.2) is 30.3 Å². The molecule has 0 aromatic heterocycles. The summed E-state index contributed by atoms with van der Waals surface area (Å²) in [4.78, 5) is 12.8. The van der Waals surface area contributed by atoms with Gasteiger partial charge in [-0.1, -0.05) is 54.3 Å². The largest absolute Gasteiger partial charge is 0.447 e. The van der Waals surface area contributed by atoms with Gasteiger partial charge in [-0.3, -0.25) is 4.90 Å². The zero-order valence-corrected chi connectivity index (χ0v) is 11.1. The highest BCUT2D eigenvalue weighted by molar-refractivity contribution is 8.23. The first-order valence-electron chi connectivity index (χ1n) is 5.38. The summed E-state index contributed by atoms with van der Waals surface area (Å²) in [5, 5.41) is 0.233. The summed E-state index contributed by atoms with van der Waals surface area (Å²) in [5.41, 5.74) is 1.20. The van der Waals surface area contributed by atoms with Gasteiger partial charge in [0.1, 0.15) is 10.9 Å². The number of amides is 1. The molecule has 1 amide bonds. The van der Waals surface area contributed by atoms with Crippen LogP contribution < -0.4 is 0 Å². The standard InChI is InChI=1S/C12H13NO2S2/c1-9(10-5-3-2-4-6-10)17-12(16)13-7-8-15-11(13)14/h2-6,9H,7-8H2,1H3. The average molecular weight is 267 g/mol. The van der Waals surface area contributed by atoms with Crippen LogP contribution in [0, 0.1) is 0 Å². The molecule has 1 aromatic rings. The molecule has 1 aliphatic heterocycles.